The van der Waals surface area contributed by atoms with Crippen LogP contribution in [-0.2, 0) is 24.4 Å². The molecular formula is C41H42F2N4O8S. The van der Waals surface area contributed by atoms with Gasteiger partial charge in [-0.05, 0) is 87.1 Å². The summed E-state index contributed by atoms with van der Waals surface area (Å²) in [4.78, 5) is 62.5. The van der Waals surface area contributed by atoms with E-state index in [4.69, 9.17) is 9.26 Å². The van der Waals surface area contributed by atoms with Crippen LogP contribution in [0.5, 0.6) is 5.88 Å². The summed E-state index contributed by atoms with van der Waals surface area (Å²) in [5.74, 6) is -3.70. The van der Waals surface area contributed by atoms with Crippen LogP contribution in [0, 0.1) is 35.8 Å². The molecule has 5 atom stereocenters. The number of aryl methyl sites for hydroxylation is 1. The molecule has 1 saturated heterocycles. The molecule has 15 heteroatoms. The van der Waals surface area contributed by atoms with Crippen LogP contribution in [-0.4, -0.2) is 70.8 Å². The summed E-state index contributed by atoms with van der Waals surface area (Å²) in [7, 11) is -3.90. The van der Waals surface area contributed by atoms with Crippen molar-refractivity contribution >= 4 is 55.1 Å². The quantitative estimate of drug-likeness (QED) is 0.122. The maximum atomic E-state index is 14.7. The number of sulfonamides is 1. The lowest BCUT2D eigenvalue weighted by atomic mass is 9.90. The van der Waals surface area contributed by atoms with Gasteiger partial charge in [-0.25, -0.2) is 22.2 Å². The Balaban J connectivity index is 1.14. The van der Waals surface area contributed by atoms with E-state index in [1.54, 1.807) is 6.92 Å². The van der Waals surface area contributed by atoms with Gasteiger partial charge in [0.15, 0.2) is 11.6 Å². The van der Waals surface area contributed by atoms with Crippen LogP contribution in [0.15, 0.2) is 59.1 Å². The Hall–Kier alpha value is -5.05. The number of nitrogens with zero attached hydrogens (tertiary/aromatic N) is 3. The number of hydrogen-bond acceptors (Lipinski definition) is 10. The number of allylic oxidation sites excluding steroid dienone is 2. The third kappa shape index (κ3) is 7.57. The maximum Gasteiger partial charge on any atom is 0.240 e. The Bertz CT molecular complexity index is 2390. The number of nitrogens with one attached hydrogen (secondary N) is 1. The van der Waals surface area contributed by atoms with Crippen LogP contribution < -0.4 is 9.46 Å². The van der Waals surface area contributed by atoms with Crippen molar-refractivity contribution in [2.75, 3.05) is 6.54 Å². The average Bonchev–Trinajstić information content (AvgIpc) is 4.04. The lowest BCUT2D eigenvalue weighted by Crippen LogP contribution is -2.46. The van der Waals surface area contributed by atoms with E-state index in [0.717, 1.165) is 12.8 Å². The van der Waals surface area contributed by atoms with Crippen molar-refractivity contribution in [2.45, 2.75) is 94.9 Å². The van der Waals surface area contributed by atoms with Crippen molar-refractivity contribution in [3.05, 3.63) is 77.7 Å². The molecule has 2 aromatic heterocycles. The Morgan fingerprint density at radius 3 is 2.52 bits per heavy atom. The van der Waals surface area contributed by atoms with Gasteiger partial charge < -0.3 is 14.2 Å². The average molecular weight is 789 g/mol. The normalized spacial score (nSPS) is 26.6. The van der Waals surface area contributed by atoms with Gasteiger partial charge in [-0.15, -0.1) is 0 Å². The molecule has 4 aromatic rings. The maximum absolute atomic E-state index is 14.7. The molecule has 12 nitrogen and oxygen atoms in total. The largest absolute Gasteiger partial charge is 0.472 e. The third-order valence-corrected chi connectivity index (χ3v) is 13.5. The Kier molecular flexibility index (Phi) is 10.00. The fraction of sp³-hybridized carbons (Fsp3) is 0.463. The highest BCUT2D eigenvalue weighted by Gasteiger charge is 2.61. The van der Waals surface area contributed by atoms with Crippen LogP contribution in [0.3, 0.4) is 0 Å². The van der Waals surface area contributed by atoms with E-state index in [2.05, 4.69) is 14.9 Å². The number of aromatic nitrogens is 2. The van der Waals surface area contributed by atoms with Gasteiger partial charge in [0.1, 0.15) is 29.2 Å². The first-order valence-electron chi connectivity index (χ1n) is 19.2. The lowest BCUT2D eigenvalue weighted by molar-refractivity contribution is -0.142. The number of pyridine rings is 1. The number of rotatable bonds is 8. The van der Waals surface area contributed by atoms with Crippen LogP contribution >= 0.6 is 0 Å². The highest BCUT2D eigenvalue weighted by molar-refractivity contribution is 7.90. The molecule has 8 rings (SSSR count). The van der Waals surface area contributed by atoms with Gasteiger partial charge in [-0.3, -0.25) is 23.9 Å². The molecule has 3 fully saturated rings. The van der Waals surface area contributed by atoms with Crippen LogP contribution in [0.1, 0.15) is 86.9 Å². The minimum atomic E-state index is -3.90. The number of carbonyl (C=O) groups is 4. The smallest absolute Gasteiger partial charge is 0.240 e. The van der Waals surface area contributed by atoms with Gasteiger partial charge in [0.25, 0.3) is 0 Å². The van der Waals surface area contributed by atoms with E-state index in [-0.39, 0.29) is 61.0 Å². The second-order valence-corrected chi connectivity index (χ2v) is 17.7. The van der Waals surface area contributed by atoms with E-state index in [1.807, 2.05) is 12.2 Å². The first kappa shape index (κ1) is 37.9. The number of benzene rings is 2. The van der Waals surface area contributed by atoms with Gasteiger partial charge >= 0.3 is 0 Å². The Morgan fingerprint density at radius 2 is 1.77 bits per heavy atom. The highest BCUT2D eigenvalue weighted by Crippen LogP contribution is 2.57. The van der Waals surface area contributed by atoms with E-state index in [1.165, 1.54) is 47.4 Å². The molecule has 0 spiro atoms. The standard InChI is InChI=1S/C41H42F2N4O8S/c1-23-15-34(45-55-23)36(48)16-24-7-5-3-2-4-6-8-25-20-41(25,40(51)46-56(52,53)29-11-12-29)21-37(49)35-19-28(22-47(35)39(24)50)54-38-31-14-10-26(42)17-32(31)30-13-9-27(43)18-33(30)44-38/h6,8-10,13-15,17-18,24-25,28-29,35H,2-5,7,11-12,16,19-22H2,1H3,(H,46,51)/b8-6-/t24-,25-,28-,35+,41-/m1/s1. The zero-order valence-electron chi connectivity index (χ0n) is 30.8. The number of ether oxygens (including phenoxy) is 1. The first-order chi connectivity index (χ1) is 26.8. The number of Topliss-reactive ketones (excluding diaryl/α,β-unsaturated/α-hetero) is 2. The minimum absolute atomic E-state index is 0.00213. The molecule has 4 aliphatic rings. The molecule has 4 heterocycles. The monoisotopic (exact) mass is 788 g/mol. The van der Waals surface area contributed by atoms with Crippen molar-refractivity contribution in [1.82, 2.24) is 19.8 Å². The van der Waals surface area contributed by atoms with Crippen molar-refractivity contribution in [3.8, 4) is 5.88 Å². The summed E-state index contributed by atoms with van der Waals surface area (Å²) in [5, 5.41) is 4.60. The Morgan fingerprint density at radius 1 is 1.00 bits per heavy atom. The number of amides is 2. The fourth-order valence-corrected chi connectivity index (χ4v) is 9.70. The van der Waals surface area contributed by atoms with E-state index in [9.17, 15) is 36.4 Å². The summed E-state index contributed by atoms with van der Waals surface area (Å²) in [6, 6.07) is 8.48. The molecule has 294 valence electrons. The van der Waals surface area contributed by atoms with Crippen LogP contribution in [0.2, 0.25) is 0 Å². The highest BCUT2D eigenvalue weighted by atomic mass is 32.2. The topological polar surface area (TPSA) is 166 Å². The Labute approximate surface area is 322 Å². The van der Waals surface area contributed by atoms with Gasteiger partial charge in [0.2, 0.25) is 27.7 Å². The molecule has 2 aromatic carbocycles. The number of hydrogen-bond donors (Lipinski definition) is 1. The first-order valence-corrected chi connectivity index (χ1v) is 20.7. The van der Waals surface area contributed by atoms with E-state index in [0.29, 0.717) is 54.0 Å². The molecular weight excluding hydrogens is 747 g/mol. The molecule has 0 radical (unpaired) electrons. The molecule has 56 heavy (non-hydrogen) atoms. The van der Waals surface area contributed by atoms with Gasteiger partial charge in [-0.1, -0.05) is 30.2 Å². The molecule has 2 aliphatic heterocycles. The van der Waals surface area contributed by atoms with Crippen molar-refractivity contribution in [2.24, 2.45) is 17.3 Å². The summed E-state index contributed by atoms with van der Waals surface area (Å²) in [5.41, 5.74) is -0.988. The third-order valence-electron chi connectivity index (χ3n) is 11.6. The van der Waals surface area contributed by atoms with Crippen LogP contribution in [0.4, 0.5) is 8.78 Å². The molecule has 0 bridgehead atoms. The second kappa shape index (κ2) is 14.8. The lowest BCUT2D eigenvalue weighted by Gasteiger charge is -2.29. The molecule has 1 N–H and O–H groups in total. The van der Waals surface area contributed by atoms with Crippen LogP contribution in [0.25, 0.3) is 21.7 Å². The number of ketones is 2. The van der Waals surface area contributed by atoms with Gasteiger partial charge in [-0.2, -0.15) is 0 Å². The van der Waals surface area contributed by atoms with Crippen molar-refractivity contribution in [3.63, 3.8) is 0 Å². The fourth-order valence-electron chi connectivity index (χ4n) is 8.32. The van der Waals surface area contributed by atoms with Gasteiger partial charge in [0.05, 0.1) is 28.8 Å². The minimum Gasteiger partial charge on any atom is -0.472 e. The summed E-state index contributed by atoms with van der Waals surface area (Å²) >= 11 is 0. The predicted octanol–water partition coefficient (Wildman–Crippen LogP) is 6.29. The zero-order valence-corrected chi connectivity index (χ0v) is 31.7. The second-order valence-electron chi connectivity index (χ2n) is 15.7. The molecule has 0 unspecified atom stereocenters. The summed E-state index contributed by atoms with van der Waals surface area (Å²) < 4.78 is 68.5. The summed E-state index contributed by atoms with van der Waals surface area (Å²) in [6.45, 7) is 1.58. The number of halogens is 2. The summed E-state index contributed by atoms with van der Waals surface area (Å²) in [6.07, 6.45) is 7.00. The molecule has 2 aliphatic carbocycles. The number of carbonyl (C=O) groups excluding carboxylic acids is 4. The van der Waals surface area contributed by atoms with Gasteiger partial charge in [0, 0.05) is 48.1 Å². The SMILES string of the molecule is Cc1cc(C(=O)C[C@H]2CCCCC/C=C\[C@@H]3C[C@@]3(C(=O)NS(=O)(=O)C3CC3)CC(=O)[C@@H]3C[C@@H](Oc4nc5cc(F)ccc5c5cc(F)ccc45)CN3C2=O)no1. The van der Waals surface area contributed by atoms with Crippen molar-refractivity contribution in [1.29, 1.82) is 0 Å². The predicted molar refractivity (Wildman–Crippen MR) is 200 cm³/mol. The molecule has 2 amide bonds. The van der Waals surface area contributed by atoms with E-state index < -0.39 is 68.0 Å². The van der Waals surface area contributed by atoms with E-state index >= 15 is 0 Å². The zero-order chi connectivity index (χ0) is 39.4. The molecule has 2 saturated carbocycles. The van der Waals surface area contributed by atoms with Crippen molar-refractivity contribution < 1.29 is 45.6 Å². The number of fused-ring (bicyclic) bond motifs is 5.